The molecule has 3 rings (SSSR count). The van der Waals surface area contributed by atoms with E-state index in [2.05, 4.69) is 5.32 Å². The molecule has 9 nitrogen and oxygen atoms in total. The maximum absolute atomic E-state index is 13.5. The lowest BCUT2D eigenvalue weighted by atomic mass is 10.1. The summed E-state index contributed by atoms with van der Waals surface area (Å²) >= 11 is 5.97. The molecule has 1 heterocycles. The average Bonchev–Trinajstić information content (AvgIpc) is 3.29. The summed E-state index contributed by atoms with van der Waals surface area (Å²) in [4.78, 5) is 27.4. The number of ether oxygens (including phenoxy) is 2. The smallest absolute Gasteiger partial charge is 0.244 e. The van der Waals surface area contributed by atoms with Crippen molar-refractivity contribution in [2.75, 3.05) is 29.9 Å². The predicted molar refractivity (Wildman–Crippen MR) is 130 cm³/mol. The zero-order valence-electron chi connectivity index (χ0n) is 19.3. The molecule has 0 aromatic heterocycles. The molecule has 0 spiro atoms. The summed E-state index contributed by atoms with van der Waals surface area (Å²) < 4.78 is 37.6. The zero-order chi connectivity index (χ0) is 24.9. The van der Waals surface area contributed by atoms with Crippen molar-refractivity contribution in [1.82, 2.24) is 10.2 Å². The second-order valence-corrected chi connectivity index (χ2v) is 10.3. The van der Waals surface area contributed by atoms with Gasteiger partial charge in [0.1, 0.15) is 12.6 Å². The van der Waals surface area contributed by atoms with Gasteiger partial charge in [-0.05, 0) is 50.6 Å². The number of nitrogens with one attached hydrogen (secondary N) is 1. The number of hydrogen-bond donors (Lipinski definition) is 1. The first kappa shape index (κ1) is 25.6. The van der Waals surface area contributed by atoms with Gasteiger partial charge in [0.25, 0.3) is 0 Å². The molecule has 0 bridgehead atoms. The van der Waals surface area contributed by atoms with Gasteiger partial charge in [0.2, 0.25) is 28.6 Å². The Balaban J connectivity index is 1.93. The molecule has 1 aliphatic heterocycles. The number of carbonyl (C=O) groups excluding carboxylic acids is 2. The van der Waals surface area contributed by atoms with Gasteiger partial charge in [-0.15, -0.1) is 0 Å². The number of benzene rings is 2. The van der Waals surface area contributed by atoms with E-state index < -0.39 is 28.5 Å². The molecule has 2 amide bonds. The maximum Gasteiger partial charge on any atom is 0.244 e. The van der Waals surface area contributed by atoms with Crippen molar-refractivity contribution >= 4 is 39.1 Å². The molecule has 1 aliphatic rings. The lowest BCUT2D eigenvalue weighted by Gasteiger charge is -2.31. The molecule has 0 radical (unpaired) electrons. The Kier molecular flexibility index (Phi) is 8.27. The van der Waals surface area contributed by atoms with Crippen LogP contribution < -0.4 is 19.1 Å². The molecule has 0 unspecified atom stereocenters. The van der Waals surface area contributed by atoms with Crippen LogP contribution in [0.3, 0.4) is 0 Å². The largest absolute Gasteiger partial charge is 0.454 e. The van der Waals surface area contributed by atoms with Crippen molar-refractivity contribution < 1.29 is 27.5 Å². The molecule has 1 atom stereocenters. The third kappa shape index (κ3) is 5.92. The van der Waals surface area contributed by atoms with Crippen molar-refractivity contribution in [3.05, 3.63) is 53.1 Å². The van der Waals surface area contributed by atoms with Gasteiger partial charge in [-0.1, -0.05) is 23.7 Å². The van der Waals surface area contributed by atoms with E-state index in [9.17, 15) is 18.0 Å². The molecule has 0 fully saturated rings. The number of rotatable bonds is 10. The average molecular weight is 510 g/mol. The van der Waals surface area contributed by atoms with E-state index in [0.29, 0.717) is 23.1 Å². The quantitative estimate of drug-likeness (QED) is 0.528. The molecule has 2 aromatic rings. The molecule has 184 valence electrons. The highest BCUT2D eigenvalue weighted by Crippen LogP contribution is 2.36. The Bertz CT molecular complexity index is 1140. The molecule has 0 saturated carbocycles. The van der Waals surface area contributed by atoms with Gasteiger partial charge >= 0.3 is 0 Å². The van der Waals surface area contributed by atoms with Crippen molar-refractivity contribution in [3.8, 4) is 11.5 Å². The van der Waals surface area contributed by atoms with E-state index in [-0.39, 0.29) is 30.7 Å². The summed E-state index contributed by atoms with van der Waals surface area (Å²) in [5.41, 5.74) is 1.03. The third-order valence-electron chi connectivity index (χ3n) is 5.41. The second-order valence-electron chi connectivity index (χ2n) is 7.66. The van der Waals surface area contributed by atoms with Gasteiger partial charge in [0, 0.05) is 24.2 Å². The molecular weight excluding hydrogens is 482 g/mol. The summed E-state index contributed by atoms with van der Waals surface area (Å²) in [5, 5.41) is 3.26. The molecule has 1 N–H and O–H groups in total. The highest BCUT2D eigenvalue weighted by molar-refractivity contribution is 7.92. The number of anilines is 1. The number of nitrogens with zero attached hydrogens (tertiary/aromatic N) is 2. The first-order chi connectivity index (χ1) is 16.2. The first-order valence-electron chi connectivity index (χ1n) is 10.9. The van der Waals surface area contributed by atoms with Crippen LogP contribution in [-0.2, 0) is 26.2 Å². The van der Waals surface area contributed by atoms with Crippen LogP contribution in [0.4, 0.5) is 5.69 Å². The number of halogens is 1. The fourth-order valence-electron chi connectivity index (χ4n) is 3.45. The number of carbonyl (C=O) groups is 2. The normalized spacial score (nSPS) is 13.3. The SMILES string of the molecule is CCNC(=O)[C@H](C)N(Cc1ccc(Cl)cc1)C(=O)CN(c1ccc2c(c1)OCO2)S(=O)(=O)CC. The van der Waals surface area contributed by atoms with Crippen LogP contribution in [0.15, 0.2) is 42.5 Å². The molecule has 2 aromatic carbocycles. The van der Waals surface area contributed by atoms with E-state index in [1.165, 1.54) is 17.9 Å². The van der Waals surface area contributed by atoms with Gasteiger partial charge in [-0.2, -0.15) is 0 Å². The van der Waals surface area contributed by atoms with E-state index in [0.717, 1.165) is 9.87 Å². The van der Waals surface area contributed by atoms with Crippen molar-refractivity contribution in [3.63, 3.8) is 0 Å². The summed E-state index contributed by atoms with van der Waals surface area (Å²) in [6.07, 6.45) is 0. The minimum atomic E-state index is -3.82. The van der Waals surface area contributed by atoms with E-state index in [1.54, 1.807) is 50.2 Å². The van der Waals surface area contributed by atoms with Crippen molar-refractivity contribution in [1.29, 1.82) is 0 Å². The van der Waals surface area contributed by atoms with Gasteiger partial charge < -0.3 is 19.7 Å². The standard InChI is InChI=1S/C23H28ClN3O6S/c1-4-25-23(29)16(3)26(13-17-6-8-18(24)9-7-17)22(28)14-27(34(30,31)5-2)19-10-11-20-21(12-19)33-15-32-20/h6-12,16H,4-5,13-15H2,1-3H3,(H,25,29)/t16-/m0/s1. The molecule has 0 saturated heterocycles. The Morgan fingerprint density at radius 3 is 2.41 bits per heavy atom. The molecule has 34 heavy (non-hydrogen) atoms. The van der Waals surface area contributed by atoms with Crippen LogP contribution in [0, 0.1) is 0 Å². The third-order valence-corrected chi connectivity index (χ3v) is 7.40. The van der Waals surface area contributed by atoms with Crippen LogP contribution >= 0.6 is 11.6 Å². The monoisotopic (exact) mass is 509 g/mol. The Morgan fingerprint density at radius 2 is 1.76 bits per heavy atom. The van der Waals surface area contributed by atoms with Gasteiger partial charge in [0.15, 0.2) is 11.5 Å². The topological polar surface area (TPSA) is 105 Å². The number of fused-ring (bicyclic) bond motifs is 1. The van der Waals surface area contributed by atoms with Crippen LogP contribution in [-0.4, -0.2) is 56.8 Å². The minimum Gasteiger partial charge on any atom is -0.454 e. The number of hydrogen-bond acceptors (Lipinski definition) is 6. The van der Waals surface area contributed by atoms with Gasteiger partial charge in [0.05, 0.1) is 11.4 Å². The fraction of sp³-hybridized carbons (Fsp3) is 0.391. The summed E-state index contributed by atoms with van der Waals surface area (Å²) in [6.45, 7) is 4.96. The van der Waals surface area contributed by atoms with Crippen LogP contribution in [0.1, 0.15) is 26.3 Å². The van der Waals surface area contributed by atoms with Gasteiger partial charge in [-0.3, -0.25) is 13.9 Å². The van der Waals surface area contributed by atoms with E-state index >= 15 is 0 Å². The number of amides is 2. The van der Waals surface area contributed by atoms with Gasteiger partial charge in [-0.25, -0.2) is 8.42 Å². The zero-order valence-corrected chi connectivity index (χ0v) is 20.9. The molecule has 11 heteroatoms. The maximum atomic E-state index is 13.5. The lowest BCUT2D eigenvalue weighted by molar-refractivity contribution is -0.139. The minimum absolute atomic E-state index is 0.0389. The van der Waals surface area contributed by atoms with Crippen molar-refractivity contribution in [2.45, 2.75) is 33.4 Å². The summed E-state index contributed by atoms with van der Waals surface area (Å²) in [5.74, 6) is -0.174. The van der Waals surface area contributed by atoms with Crippen LogP contribution in [0.2, 0.25) is 5.02 Å². The highest BCUT2D eigenvalue weighted by Gasteiger charge is 2.31. The predicted octanol–water partition coefficient (Wildman–Crippen LogP) is 2.78. The molecule has 0 aliphatic carbocycles. The highest BCUT2D eigenvalue weighted by atomic mass is 35.5. The fourth-order valence-corrected chi connectivity index (χ4v) is 4.63. The van der Waals surface area contributed by atoms with Crippen molar-refractivity contribution in [2.24, 2.45) is 0 Å². The summed E-state index contributed by atoms with van der Waals surface area (Å²) in [7, 11) is -3.82. The Morgan fingerprint density at radius 1 is 1.09 bits per heavy atom. The van der Waals surface area contributed by atoms with Crippen LogP contribution in [0.5, 0.6) is 11.5 Å². The van der Waals surface area contributed by atoms with E-state index in [4.69, 9.17) is 21.1 Å². The van der Waals surface area contributed by atoms with Crippen LogP contribution in [0.25, 0.3) is 0 Å². The van der Waals surface area contributed by atoms with E-state index in [1.807, 2.05) is 0 Å². The second kappa shape index (κ2) is 11.0. The Hall–Kier alpha value is -2.98. The Labute approximate surface area is 204 Å². The first-order valence-corrected chi connectivity index (χ1v) is 12.9. The molecular formula is C23H28ClN3O6S. The lowest BCUT2D eigenvalue weighted by Crippen LogP contribution is -2.51. The number of sulfonamides is 1. The number of likely N-dealkylation sites (N-methyl/N-ethyl adjacent to an activating group) is 1. The summed E-state index contributed by atoms with van der Waals surface area (Å²) in [6, 6.07) is 10.8.